The number of hydrogen-bond donors (Lipinski definition) is 0. The van der Waals surface area contributed by atoms with Gasteiger partial charge in [0.25, 0.3) is 0 Å². The summed E-state index contributed by atoms with van der Waals surface area (Å²) in [5, 5.41) is 6.28. The third-order valence-corrected chi connectivity index (χ3v) is 4.86. The van der Waals surface area contributed by atoms with Crippen LogP contribution >= 0.6 is 11.3 Å². The van der Waals surface area contributed by atoms with E-state index in [1.807, 2.05) is 6.07 Å². The van der Waals surface area contributed by atoms with Crippen molar-refractivity contribution < 1.29 is 4.52 Å². The quantitative estimate of drug-likeness (QED) is 0.711. The SMILES string of the molecule is CC1CN(Cc2cc(-c3cccs3)on2)c2ccccc21. The largest absolute Gasteiger partial charge is 0.365 e. The van der Waals surface area contributed by atoms with Crippen LogP contribution in [0.3, 0.4) is 0 Å². The van der Waals surface area contributed by atoms with Crippen molar-refractivity contribution in [1.82, 2.24) is 5.16 Å². The van der Waals surface area contributed by atoms with Gasteiger partial charge >= 0.3 is 0 Å². The van der Waals surface area contributed by atoms with Gasteiger partial charge in [-0.3, -0.25) is 0 Å². The second-order valence-corrected chi connectivity index (χ2v) is 6.45. The minimum atomic E-state index is 0.574. The van der Waals surface area contributed by atoms with Crippen LogP contribution in [0, 0.1) is 0 Å². The van der Waals surface area contributed by atoms with Gasteiger partial charge in [-0.2, -0.15) is 0 Å². The van der Waals surface area contributed by atoms with Crippen molar-refractivity contribution in [3.63, 3.8) is 0 Å². The number of fused-ring (bicyclic) bond motifs is 1. The summed E-state index contributed by atoms with van der Waals surface area (Å²) in [5.41, 5.74) is 3.74. The van der Waals surface area contributed by atoms with Crippen LogP contribution < -0.4 is 4.90 Å². The summed E-state index contributed by atoms with van der Waals surface area (Å²) in [7, 11) is 0. The molecule has 0 amide bonds. The van der Waals surface area contributed by atoms with Crippen LogP contribution in [0.4, 0.5) is 5.69 Å². The standard InChI is InChI=1S/C17H16N2OS/c1-12-10-19(15-6-3-2-5-14(12)15)11-13-9-16(20-18-13)17-7-4-8-21-17/h2-9,12H,10-11H2,1H3. The molecule has 0 saturated carbocycles. The molecule has 2 aromatic heterocycles. The molecule has 0 N–H and O–H groups in total. The molecule has 106 valence electrons. The molecule has 3 aromatic rings. The molecule has 1 aliphatic heterocycles. The van der Waals surface area contributed by atoms with Gasteiger partial charge < -0.3 is 9.42 Å². The van der Waals surface area contributed by atoms with E-state index in [-0.39, 0.29) is 0 Å². The minimum absolute atomic E-state index is 0.574. The topological polar surface area (TPSA) is 29.3 Å². The fraction of sp³-hybridized carbons (Fsp3) is 0.235. The predicted molar refractivity (Wildman–Crippen MR) is 85.7 cm³/mol. The summed E-state index contributed by atoms with van der Waals surface area (Å²) >= 11 is 1.67. The van der Waals surface area contributed by atoms with Gasteiger partial charge in [0.15, 0.2) is 5.76 Å². The number of para-hydroxylation sites is 1. The first-order valence-corrected chi connectivity index (χ1v) is 8.02. The number of rotatable bonds is 3. The lowest BCUT2D eigenvalue weighted by Gasteiger charge is -2.17. The van der Waals surface area contributed by atoms with Crippen LogP contribution in [0.15, 0.2) is 52.4 Å². The first-order chi connectivity index (χ1) is 10.3. The van der Waals surface area contributed by atoms with Gasteiger partial charge in [-0.25, -0.2) is 0 Å². The monoisotopic (exact) mass is 296 g/mol. The van der Waals surface area contributed by atoms with Crippen molar-refractivity contribution in [3.8, 4) is 10.6 Å². The normalized spacial score (nSPS) is 17.2. The fourth-order valence-electron chi connectivity index (χ4n) is 2.99. The summed E-state index contributed by atoms with van der Waals surface area (Å²) in [6, 6.07) is 14.8. The number of benzene rings is 1. The molecule has 1 unspecified atom stereocenters. The summed E-state index contributed by atoms with van der Waals surface area (Å²) in [5.74, 6) is 1.44. The van der Waals surface area contributed by atoms with Gasteiger partial charge in [0.05, 0.1) is 11.4 Å². The van der Waals surface area contributed by atoms with Crippen molar-refractivity contribution in [1.29, 1.82) is 0 Å². The molecule has 1 aromatic carbocycles. The van der Waals surface area contributed by atoms with E-state index in [1.54, 1.807) is 11.3 Å². The smallest absolute Gasteiger partial charge is 0.177 e. The van der Waals surface area contributed by atoms with Crippen molar-refractivity contribution in [2.24, 2.45) is 0 Å². The summed E-state index contributed by atoms with van der Waals surface area (Å²) in [4.78, 5) is 3.51. The number of aromatic nitrogens is 1. The van der Waals surface area contributed by atoms with Crippen LogP contribution in [0.5, 0.6) is 0 Å². The molecule has 4 rings (SSSR count). The molecule has 0 fully saturated rings. The van der Waals surface area contributed by atoms with E-state index in [0.717, 1.165) is 29.4 Å². The van der Waals surface area contributed by atoms with Crippen molar-refractivity contribution >= 4 is 17.0 Å². The molecule has 0 aliphatic carbocycles. The van der Waals surface area contributed by atoms with E-state index in [1.165, 1.54) is 11.3 Å². The molecule has 3 nitrogen and oxygen atoms in total. The second-order valence-electron chi connectivity index (χ2n) is 5.50. The Labute approximate surface area is 127 Å². The van der Waals surface area contributed by atoms with E-state index in [4.69, 9.17) is 4.52 Å². The highest BCUT2D eigenvalue weighted by atomic mass is 32.1. The summed E-state index contributed by atoms with van der Waals surface area (Å²) in [6.45, 7) is 4.12. The van der Waals surface area contributed by atoms with Crippen molar-refractivity contribution in [3.05, 3.63) is 59.1 Å². The Bertz CT molecular complexity index is 748. The maximum absolute atomic E-state index is 5.47. The Morgan fingerprint density at radius 1 is 1.29 bits per heavy atom. The van der Waals surface area contributed by atoms with Crippen LogP contribution in [-0.2, 0) is 6.54 Å². The van der Waals surface area contributed by atoms with Crippen molar-refractivity contribution in [2.45, 2.75) is 19.4 Å². The van der Waals surface area contributed by atoms with Gasteiger partial charge in [0, 0.05) is 24.2 Å². The van der Waals surface area contributed by atoms with Crippen LogP contribution in [-0.4, -0.2) is 11.7 Å². The number of nitrogens with zero attached hydrogens (tertiary/aromatic N) is 2. The average molecular weight is 296 g/mol. The number of thiophene rings is 1. The molecule has 0 bridgehead atoms. The molecule has 3 heterocycles. The Morgan fingerprint density at radius 3 is 3.05 bits per heavy atom. The van der Waals surface area contributed by atoms with Crippen LogP contribution in [0.2, 0.25) is 0 Å². The lowest BCUT2D eigenvalue weighted by Crippen LogP contribution is -2.20. The van der Waals surface area contributed by atoms with E-state index < -0.39 is 0 Å². The Morgan fingerprint density at radius 2 is 2.19 bits per heavy atom. The Balaban J connectivity index is 1.58. The highest BCUT2D eigenvalue weighted by Gasteiger charge is 2.25. The first kappa shape index (κ1) is 12.7. The van der Waals surface area contributed by atoms with Gasteiger partial charge in [0.1, 0.15) is 5.69 Å². The first-order valence-electron chi connectivity index (χ1n) is 7.14. The number of anilines is 1. The van der Waals surface area contributed by atoms with E-state index in [0.29, 0.717) is 5.92 Å². The lowest BCUT2D eigenvalue weighted by molar-refractivity contribution is 0.423. The summed E-state index contributed by atoms with van der Waals surface area (Å²) in [6.07, 6.45) is 0. The minimum Gasteiger partial charge on any atom is -0.365 e. The van der Waals surface area contributed by atoms with E-state index in [2.05, 4.69) is 58.8 Å². The predicted octanol–water partition coefficient (Wildman–Crippen LogP) is 4.53. The molecule has 4 heteroatoms. The molecule has 0 radical (unpaired) electrons. The van der Waals surface area contributed by atoms with Gasteiger partial charge in [-0.05, 0) is 23.1 Å². The maximum Gasteiger partial charge on any atom is 0.177 e. The van der Waals surface area contributed by atoms with Gasteiger partial charge in [-0.15, -0.1) is 11.3 Å². The fourth-order valence-corrected chi connectivity index (χ4v) is 3.66. The average Bonchev–Trinajstić information content (AvgIpc) is 3.21. The molecule has 0 spiro atoms. The summed E-state index contributed by atoms with van der Waals surface area (Å²) < 4.78 is 5.47. The third kappa shape index (κ3) is 2.25. The molecule has 1 aliphatic rings. The lowest BCUT2D eigenvalue weighted by atomic mass is 10.0. The van der Waals surface area contributed by atoms with Crippen LogP contribution in [0.1, 0.15) is 24.1 Å². The van der Waals surface area contributed by atoms with E-state index in [9.17, 15) is 0 Å². The molecule has 21 heavy (non-hydrogen) atoms. The zero-order valence-corrected chi connectivity index (χ0v) is 12.6. The van der Waals surface area contributed by atoms with Crippen molar-refractivity contribution in [2.75, 3.05) is 11.4 Å². The molecule has 1 atom stereocenters. The van der Waals surface area contributed by atoms with Gasteiger partial charge in [0.2, 0.25) is 0 Å². The molecular formula is C17H16N2OS. The second kappa shape index (κ2) is 5.04. The highest BCUT2D eigenvalue weighted by Crippen LogP contribution is 2.36. The third-order valence-electron chi connectivity index (χ3n) is 3.98. The molecular weight excluding hydrogens is 280 g/mol. The van der Waals surface area contributed by atoms with Gasteiger partial charge in [-0.1, -0.05) is 36.3 Å². The Kier molecular flexibility index (Phi) is 3.04. The van der Waals surface area contributed by atoms with Crippen LogP contribution in [0.25, 0.3) is 10.6 Å². The molecule has 0 saturated heterocycles. The van der Waals surface area contributed by atoms with E-state index >= 15 is 0 Å². The zero-order valence-electron chi connectivity index (χ0n) is 11.8. The Hall–Kier alpha value is -2.07. The number of hydrogen-bond acceptors (Lipinski definition) is 4. The highest BCUT2D eigenvalue weighted by molar-refractivity contribution is 7.13. The maximum atomic E-state index is 5.47. The zero-order chi connectivity index (χ0) is 14.2.